The van der Waals surface area contributed by atoms with Crippen LogP contribution in [-0.4, -0.2) is 26.3 Å². The summed E-state index contributed by atoms with van der Waals surface area (Å²) in [4.78, 5) is 15.4. The fourth-order valence-electron chi connectivity index (χ4n) is 2.50. The SMILES string of the molecule is O=C(O)c1nnc(Nc2cc[nH]c2)c2cc(-c3cccc(Br)c3)sc12. The van der Waals surface area contributed by atoms with Crippen molar-refractivity contribution < 1.29 is 9.90 Å². The number of carboxylic acids is 1. The Morgan fingerprint density at radius 3 is 2.84 bits per heavy atom. The van der Waals surface area contributed by atoms with Crippen LogP contribution in [0.15, 0.2) is 53.3 Å². The van der Waals surface area contributed by atoms with Crippen LogP contribution in [0.4, 0.5) is 11.5 Å². The van der Waals surface area contributed by atoms with Crippen LogP contribution in [-0.2, 0) is 0 Å². The Kier molecular flexibility index (Phi) is 3.98. The number of hydrogen-bond donors (Lipinski definition) is 3. The number of aromatic carboxylic acids is 1. The average molecular weight is 415 g/mol. The summed E-state index contributed by atoms with van der Waals surface area (Å²) in [7, 11) is 0. The second-order valence-corrected chi connectivity index (χ2v) is 7.26. The van der Waals surface area contributed by atoms with Crippen molar-refractivity contribution >= 4 is 54.8 Å². The minimum absolute atomic E-state index is 0.0409. The molecule has 1 aromatic carbocycles. The van der Waals surface area contributed by atoms with Crippen molar-refractivity contribution in [3.05, 3.63) is 59.0 Å². The van der Waals surface area contributed by atoms with Gasteiger partial charge in [0.25, 0.3) is 0 Å². The first kappa shape index (κ1) is 15.8. The Hall–Kier alpha value is -2.71. The van der Waals surface area contributed by atoms with Crippen molar-refractivity contribution in [1.82, 2.24) is 15.2 Å². The molecule has 0 atom stereocenters. The van der Waals surface area contributed by atoms with Crippen molar-refractivity contribution in [2.75, 3.05) is 5.32 Å². The number of rotatable bonds is 4. The molecule has 0 aliphatic rings. The predicted molar refractivity (Wildman–Crippen MR) is 102 cm³/mol. The summed E-state index contributed by atoms with van der Waals surface area (Å²) < 4.78 is 1.55. The lowest BCUT2D eigenvalue weighted by Gasteiger charge is -2.04. The lowest BCUT2D eigenvalue weighted by atomic mass is 10.1. The molecule has 0 spiro atoms. The third-order valence-electron chi connectivity index (χ3n) is 3.62. The summed E-state index contributed by atoms with van der Waals surface area (Å²) in [6, 6.07) is 11.7. The van der Waals surface area contributed by atoms with Gasteiger partial charge in [-0.15, -0.1) is 21.5 Å². The zero-order valence-electron chi connectivity index (χ0n) is 12.7. The van der Waals surface area contributed by atoms with E-state index in [1.54, 1.807) is 12.4 Å². The molecule has 25 heavy (non-hydrogen) atoms. The summed E-state index contributed by atoms with van der Waals surface area (Å²) in [5.74, 6) is -0.564. The van der Waals surface area contributed by atoms with Crippen molar-refractivity contribution in [2.45, 2.75) is 0 Å². The van der Waals surface area contributed by atoms with Gasteiger partial charge in [-0.2, -0.15) is 0 Å². The van der Waals surface area contributed by atoms with Gasteiger partial charge in [-0.05, 0) is 29.8 Å². The van der Waals surface area contributed by atoms with Gasteiger partial charge in [0.05, 0.1) is 10.4 Å². The number of fused-ring (bicyclic) bond motifs is 1. The minimum Gasteiger partial charge on any atom is -0.476 e. The van der Waals surface area contributed by atoms with Gasteiger partial charge in [-0.3, -0.25) is 0 Å². The van der Waals surface area contributed by atoms with E-state index in [4.69, 9.17) is 0 Å². The number of nitrogens with zero attached hydrogens (tertiary/aromatic N) is 2. The zero-order chi connectivity index (χ0) is 17.4. The summed E-state index contributed by atoms with van der Waals surface area (Å²) in [6.07, 6.45) is 3.58. The molecule has 3 N–H and O–H groups in total. The highest BCUT2D eigenvalue weighted by Gasteiger charge is 2.19. The van der Waals surface area contributed by atoms with E-state index in [2.05, 4.69) is 36.4 Å². The average Bonchev–Trinajstić information content (AvgIpc) is 3.24. The second-order valence-electron chi connectivity index (χ2n) is 5.29. The quantitative estimate of drug-likeness (QED) is 0.442. The molecule has 8 heteroatoms. The van der Waals surface area contributed by atoms with Gasteiger partial charge in [0.1, 0.15) is 0 Å². The Labute approximate surface area is 154 Å². The van der Waals surface area contributed by atoms with Crippen LogP contribution in [0.1, 0.15) is 10.5 Å². The molecule has 0 radical (unpaired) electrons. The number of thiophene rings is 1. The summed E-state index contributed by atoms with van der Waals surface area (Å²) in [5.41, 5.74) is 1.79. The minimum atomic E-state index is -1.09. The molecule has 6 nitrogen and oxygen atoms in total. The first-order valence-corrected chi connectivity index (χ1v) is 8.92. The van der Waals surface area contributed by atoms with Crippen molar-refractivity contribution in [3.63, 3.8) is 0 Å². The smallest absolute Gasteiger partial charge is 0.357 e. The second kappa shape index (κ2) is 6.30. The van der Waals surface area contributed by atoms with E-state index in [-0.39, 0.29) is 5.69 Å². The highest BCUT2D eigenvalue weighted by molar-refractivity contribution is 9.10. The van der Waals surface area contributed by atoms with Crippen molar-refractivity contribution in [3.8, 4) is 10.4 Å². The van der Waals surface area contributed by atoms with Crippen LogP contribution in [0.5, 0.6) is 0 Å². The molecule has 0 aliphatic carbocycles. The van der Waals surface area contributed by atoms with E-state index in [9.17, 15) is 9.90 Å². The van der Waals surface area contributed by atoms with Gasteiger partial charge in [0.15, 0.2) is 11.5 Å². The van der Waals surface area contributed by atoms with Crippen LogP contribution >= 0.6 is 27.3 Å². The van der Waals surface area contributed by atoms with Crippen LogP contribution in [0.3, 0.4) is 0 Å². The van der Waals surface area contributed by atoms with Gasteiger partial charge >= 0.3 is 5.97 Å². The van der Waals surface area contributed by atoms with Crippen molar-refractivity contribution in [2.24, 2.45) is 0 Å². The maximum atomic E-state index is 11.5. The van der Waals surface area contributed by atoms with Crippen LogP contribution in [0.2, 0.25) is 0 Å². The maximum Gasteiger partial charge on any atom is 0.357 e. The first-order valence-electron chi connectivity index (χ1n) is 7.31. The molecule has 4 aromatic rings. The summed E-state index contributed by atoms with van der Waals surface area (Å²) in [6.45, 7) is 0. The van der Waals surface area contributed by atoms with Gasteiger partial charge in [0, 0.05) is 27.1 Å². The normalized spacial score (nSPS) is 10.9. The molecule has 0 saturated heterocycles. The lowest BCUT2D eigenvalue weighted by Crippen LogP contribution is -2.04. The van der Waals surface area contributed by atoms with Gasteiger partial charge in [-0.1, -0.05) is 28.1 Å². The monoisotopic (exact) mass is 414 g/mol. The van der Waals surface area contributed by atoms with Crippen LogP contribution in [0, 0.1) is 0 Å². The number of aromatic amines is 1. The third-order valence-corrected chi connectivity index (χ3v) is 5.31. The highest BCUT2D eigenvalue weighted by atomic mass is 79.9. The number of carbonyl (C=O) groups is 1. The predicted octanol–water partition coefficient (Wildman–Crippen LogP) is 4.89. The molecule has 0 unspecified atom stereocenters. The Balaban J connectivity index is 1.90. The highest BCUT2D eigenvalue weighted by Crippen LogP contribution is 2.38. The summed E-state index contributed by atoms with van der Waals surface area (Å²) in [5, 5.41) is 21.3. The molecular weight excluding hydrogens is 404 g/mol. The number of benzene rings is 1. The van der Waals surface area contributed by atoms with Crippen molar-refractivity contribution in [1.29, 1.82) is 0 Å². The number of hydrogen-bond acceptors (Lipinski definition) is 5. The number of carboxylic acid groups (broad SMARTS) is 1. The van der Waals surface area contributed by atoms with E-state index in [1.807, 2.05) is 36.4 Å². The molecule has 0 amide bonds. The van der Waals surface area contributed by atoms with E-state index >= 15 is 0 Å². The number of H-pyrrole nitrogens is 1. The Morgan fingerprint density at radius 2 is 2.12 bits per heavy atom. The van der Waals surface area contributed by atoms with Gasteiger partial charge < -0.3 is 15.4 Å². The maximum absolute atomic E-state index is 11.5. The van der Waals surface area contributed by atoms with Gasteiger partial charge in [0.2, 0.25) is 0 Å². The molecule has 3 aromatic heterocycles. The third kappa shape index (κ3) is 3.01. The largest absolute Gasteiger partial charge is 0.476 e. The fourth-order valence-corrected chi connectivity index (χ4v) is 4.03. The molecule has 0 bridgehead atoms. The molecule has 3 heterocycles. The van der Waals surface area contributed by atoms with E-state index in [1.165, 1.54) is 11.3 Å². The number of nitrogens with one attached hydrogen (secondary N) is 2. The standard InChI is InChI=1S/C17H11BrN4O2S/c18-10-3-1-2-9(6-10)13-7-12-15(25-13)14(17(23)24)21-22-16(12)20-11-4-5-19-8-11/h1-8,19H,(H,20,22)(H,23,24). The fraction of sp³-hybridized carbons (Fsp3) is 0. The van der Waals surface area contributed by atoms with E-state index in [0.717, 1.165) is 26.0 Å². The molecule has 0 saturated carbocycles. The van der Waals surface area contributed by atoms with Gasteiger partial charge in [-0.25, -0.2) is 4.79 Å². The summed E-state index contributed by atoms with van der Waals surface area (Å²) >= 11 is 4.85. The topological polar surface area (TPSA) is 90.9 Å². The van der Waals surface area contributed by atoms with Crippen LogP contribution in [0.25, 0.3) is 20.5 Å². The van der Waals surface area contributed by atoms with E-state index < -0.39 is 5.97 Å². The first-order chi connectivity index (χ1) is 12.1. The molecular formula is C17H11BrN4O2S. The van der Waals surface area contributed by atoms with E-state index in [0.29, 0.717) is 10.5 Å². The Morgan fingerprint density at radius 1 is 1.24 bits per heavy atom. The lowest BCUT2D eigenvalue weighted by molar-refractivity contribution is 0.0692. The molecule has 124 valence electrons. The number of aromatic nitrogens is 3. The molecule has 0 fully saturated rings. The zero-order valence-corrected chi connectivity index (χ0v) is 15.1. The number of anilines is 2. The van der Waals surface area contributed by atoms with Crippen LogP contribution < -0.4 is 5.32 Å². The molecule has 0 aliphatic heterocycles. The Bertz CT molecular complexity index is 1080. The number of halogens is 1. The molecule has 4 rings (SSSR count).